The van der Waals surface area contributed by atoms with Crippen LogP contribution in [0.1, 0.15) is 70.6 Å². The van der Waals surface area contributed by atoms with Crippen LogP contribution in [0.5, 0.6) is 0 Å². The number of aryl methyl sites for hydroxylation is 4. The van der Waals surface area contributed by atoms with Crippen LogP contribution in [0.4, 0.5) is 0 Å². The van der Waals surface area contributed by atoms with Crippen LogP contribution in [0.3, 0.4) is 0 Å². The quantitative estimate of drug-likeness (QED) is 0.189. The van der Waals surface area contributed by atoms with Crippen LogP contribution in [-0.2, 0) is 4.79 Å². The Morgan fingerprint density at radius 1 is 0.673 bits per heavy atom. The van der Waals surface area contributed by atoms with Crippen molar-refractivity contribution in [3.8, 4) is 0 Å². The third-order valence-electron chi connectivity index (χ3n) is 10.1. The normalized spacial score (nSPS) is 17.5. The first-order valence-corrected chi connectivity index (χ1v) is 17.1. The largest absolute Gasteiger partial charge is 0.355 e. The summed E-state index contributed by atoms with van der Waals surface area (Å²) in [6, 6.07) is 31.9. The number of H-pyrrole nitrogens is 2. The number of aromatic amines is 2. The molecule has 3 aliphatic rings. The Labute approximate surface area is 287 Å². The minimum absolute atomic E-state index is 0.00846. The topological polar surface area (TPSA) is 73.0 Å². The van der Waals surface area contributed by atoms with E-state index in [1.54, 1.807) is 0 Å². The molecule has 5 nitrogen and oxygen atoms in total. The second-order valence-electron chi connectivity index (χ2n) is 13.8. The Morgan fingerprint density at radius 3 is 2.06 bits per heavy atom. The zero-order chi connectivity index (χ0) is 34.0. The summed E-state index contributed by atoms with van der Waals surface area (Å²) in [4.78, 5) is 27.3. The molecule has 5 aromatic rings. The van der Waals surface area contributed by atoms with E-state index in [1.807, 2.05) is 6.92 Å². The van der Waals surface area contributed by atoms with Crippen molar-refractivity contribution in [1.29, 1.82) is 0 Å². The van der Waals surface area contributed by atoms with Crippen LogP contribution in [0, 0.1) is 33.6 Å². The summed E-state index contributed by atoms with van der Waals surface area (Å²) < 4.78 is 0. The molecule has 0 fully saturated rings. The molecule has 5 heteroatoms. The van der Waals surface area contributed by atoms with Crippen LogP contribution >= 0.6 is 0 Å². The Kier molecular flexibility index (Phi) is 7.37. The number of allylic oxidation sites excluding steroid dienone is 3. The lowest BCUT2D eigenvalue weighted by Gasteiger charge is -2.18. The molecule has 8 rings (SSSR count). The zero-order valence-corrected chi connectivity index (χ0v) is 28.9. The van der Waals surface area contributed by atoms with Crippen molar-refractivity contribution in [2.75, 3.05) is 0 Å². The molecule has 242 valence electrons. The van der Waals surface area contributed by atoms with Crippen LogP contribution in [-0.4, -0.2) is 21.5 Å². The van der Waals surface area contributed by atoms with Crippen molar-refractivity contribution in [2.45, 2.75) is 48.0 Å². The highest BCUT2D eigenvalue weighted by Gasteiger charge is 2.33. The number of aliphatic imine (C=N–C) groups is 1. The van der Waals surface area contributed by atoms with Gasteiger partial charge in [-0.25, -0.2) is 0 Å². The molecule has 0 aliphatic carbocycles. The average molecular weight is 641 g/mol. The first kappa shape index (κ1) is 30.6. The van der Waals surface area contributed by atoms with Crippen molar-refractivity contribution in [1.82, 2.24) is 15.3 Å². The summed E-state index contributed by atoms with van der Waals surface area (Å²) in [6.07, 6.45) is 2.99. The van der Waals surface area contributed by atoms with Gasteiger partial charge in [0.15, 0.2) is 0 Å². The molecule has 3 N–H and O–H groups in total. The molecule has 1 atom stereocenters. The maximum absolute atomic E-state index is 14.5. The molecule has 0 saturated heterocycles. The van der Waals surface area contributed by atoms with Crippen molar-refractivity contribution < 1.29 is 4.79 Å². The number of benzene rings is 3. The van der Waals surface area contributed by atoms with E-state index >= 15 is 0 Å². The summed E-state index contributed by atoms with van der Waals surface area (Å²) >= 11 is 0. The lowest BCUT2D eigenvalue weighted by molar-refractivity contribution is -0.111. The Morgan fingerprint density at radius 2 is 1.35 bits per heavy atom. The van der Waals surface area contributed by atoms with Gasteiger partial charge in [-0.3, -0.25) is 9.79 Å². The highest BCUT2D eigenvalue weighted by molar-refractivity contribution is 6.25. The Hall–Kier alpha value is -5.68. The fraction of sp³-hybridized carbons (Fsp3) is 0.182. The van der Waals surface area contributed by atoms with Crippen molar-refractivity contribution >= 4 is 34.3 Å². The minimum atomic E-state index is -0.00846. The molecule has 0 spiro atoms. The molecule has 3 aromatic carbocycles. The Bertz CT molecular complexity index is 2420. The predicted molar refractivity (Wildman–Crippen MR) is 200 cm³/mol. The number of carbonyl (C=O) groups excluding carboxylic acids is 1. The third-order valence-corrected chi connectivity index (χ3v) is 10.1. The van der Waals surface area contributed by atoms with Crippen LogP contribution in [0.2, 0.25) is 0 Å². The maximum Gasteiger partial charge on any atom is 0.207 e. The van der Waals surface area contributed by atoms with Gasteiger partial charge in [0, 0.05) is 56.0 Å². The van der Waals surface area contributed by atoms with Crippen molar-refractivity contribution in [3.63, 3.8) is 0 Å². The number of hydrogen-bond donors (Lipinski definition) is 3. The molecular weight excluding hydrogens is 601 g/mol. The molecule has 0 radical (unpaired) electrons. The third kappa shape index (κ3) is 5.26. The zero-order valence-electron chi connectivity index (χ0n) is 28.9. The van der Waals surface area contributed by atoms with Gasteiger partial charge in [0.05, 0.1) is 17.1 Å². The molecule has 8 bridgehead atoms. The van der Waals surface area contributed by atoms with Gasteiger partial charge in [-0.1, -0.05) is 84.8 Å². The van der Waals surface area contributed by atoms with E-state index < -0.39 is 0 Å². The number of nitrogens with zero attached hydrogens (tertiary/aromatic N) is 1. The monoisotopic (exact) mass is 640 g/mol. The van der Waals surface area contributed by atoms with Crippen LogP contribution in [0.15, 0.2) is 119 Å². The summed E-state index contributed by atoms with van der Waals surface area (Å²) in [5.74, 6) is 0.235. The van der Waals surface area contributed by atoms with Crippen LogP contribution in [0.25, 0.3) is 22.8 Å². The van der Waals surface area contributed by atoms with Gasteiger partial charge in [-0.15, -0.1) is 0 Å². The molecular formula is C44H40N4O. The van der Waals surface area contributed by atoms with Crippen molar-refractivity contribution in [2.24, 2.45) is 10.9 Å². The van der Waals surface area contributed by atoms with Gasteiger partial charge in [0.2, 0.25) is 5.78 Å². The van der Waals surface area contributed by atoms with E-state index in [4.69, 9.17) is 4.99 Å². The molecule has 3 aliphatic heterocycles. The average Bonchev–Trinajstić information content (AvgIpc) is 3.87. The number of aromatic nitrogens is 2. The fourth-order valence-corrected chi connectivity index (χ4v) is 7.74. The highest BCUT2D eigenvalue weighted by atomic mass is 16.1. The standard InChI is InChI=1S/C44H40N4O/c1-24-12-14-31(15-13-24)40-34-17-16-32(45-34)23-36-26(3)22-37(47-36)39(30-10-8-7-9-11-30)33-18-19-35(46-33)41(42-29(6)44(49)43(40)48-42)38-27(4)20-25(2)21-28(38)5/h7-21,23,26,45-46,48H,22H2,1-6H3. The summed E-state index contributed by atoms with van der Waals surface area (Å²) in [5, 5.41) is 5.67. The number of hydrogen-bond acceptors (Lipinski definition) is 3. The lowest BCUT2D eigenvalue weighted by atomic mass is 9.90. The SMILES string of the molecule is CC1=C2NC(=C(c3ccc(C)cc3)c3ccc([nH]3)C=C3N=C(CC3C)C(c3ccccc3)=c3ccc([nH]3)=C2c2c(C)cc(C)cc2C)C1=O. The van der Waals surface area contributed by atoms with Gasteiger partial charge in [0.1, 0.15) is 0 Å². The minimum Gasteiger partial charge on any atom is -0.355 e. The van der Waals surface area contributed by atoms with Gasteiger partial charge < -0.3 is 15.3 Å². The summed E-state index contributed by atoms with van der Waals surface area (Å²) in [7, 11) is 0. The van der Waals surface area contributed by atoms with E-state index in [9.17, 15) is 4.79 Å². The van der Waals surface area contributed by atoms with Gasteiger partial charge in [0.25, 0.3) is 0 Å². The second kappa shape index (κ2) is 11.8. The first-order valence-electron chi connectivity index (χ1n) is 17.1. The predicted octanol–water partition coefficient (Wildman–Crippen LogP) is 7.72. The summed E-state index contributed by atoms with van der Waals surface area (Å²) in [5.41, 5.74) is 16.9. The molecule has 2 aromatic heterocycles. The second-order valence-corrected chi connectivity index (χ2v) is 13.8. The van der Waals surface area contributed by atoms with Gasteiger partial charge >= 0.3 is 0 Å². The Balaban J connectivity index is 1.51. The fourth-order valence-electron chi connectivity index (χ4n) is 7.74. The van der Waals surface area contributed by atoms with E-state index in [1.165, 1.54) is 11.1 Å². The highest BCUT2D eigenvalue weighted by Crippen LogP contribution is 2.38. The molecule has 5 heterocycles. The first-order chi connectivity index (χ1) is 23.7. The molecule has 1 unspecified atom stereocenters. The number of rotatable bonds is 3. The number of ketones is 1. The van der Waals surface area contributed by atoms with Gasteiger partial charge in [-0.05, 0) is 99.2 Å². The maximum atomic E-state index is 14.5. The van der Waals surface area contributed by atoms with Crippen molar-refractivity contribution in [3.05, 3.63) is 175 Å². The lowest BCUT2D eigenvalue weighted by Crippen LogP contribution is -2.23. The molecule has 49 heavy (non-hydrogen) atoms. The van der Waals surface area contributed by atoms with E-state index in [0.717, 1.165) is 90.1 Å². The van der Waals surface area contributed by atoms with E-state index in [0.29, 0.717) is 11.3 Å². The number of Topliss-reactive ketones (excluding diaryl/α,β-unsaturated/α-hetero) is 1. The molecule has 0 amide bonds. The van der Waals surface area contributed by atoms with E-state index in [2.05, 4.69) is 147 Å². The smallest absolute Gasteiger partial charge is 0.207 e. The van der Waals surface area contributed by atoms with E-state index in [-0.39, 0.29) is 11.7 Å². The number of fused-ring (bicyclic) bond motifs is 7. The number of nitrogens with one attached hydrogen (secondary N) is 3. The van der Waals surface area contributed by atoms with Gasteiger partial charge in [-0.2, -0.15) is 0 Å². The number of carbonyl (C=O) groups is 1. The summed E-state index contributed by atoms with van der Waals surface area (Å²) in [6.45, 7) is 12.7. The molecule has 0 saturated carbocycles. The van der Waals surface area contributed by atoms with Crippen LogP contribution < -0.4 is 16.0 Å².